The van der Waals surface area contributed by atoms with Gasteiger partial charge in [0.1, 0.15) is 5.65 Å². The molecule has 3 aromatic heterocycles. The largest absolute Gasteiger partial charge is 0.339 e. The molecule has 1 aliphatic carbocycles. The number of hydrogen-bond donors (Lipinski definition) is 1. The van der Waals surface area contributed by atoms with E-state index >= 15 is 0 Å². The van der Waals surface area contributed by atoms with Gasteiger partial charge in [0.25, 0.3) is 5.56 Å². The van der Waals surface area contributed by atoms with Gasteiger partial charge in [-0.2, -0.15) is 9.61 Å². The van der Waals surface area contributed by atoms with Gasteiger partial charge in [0.2, 0.25) is 0 Å². The van der Waals surface area contributed by atoms with Crippen molar-refractivity contribution in [2.75, 3.05) is 0 Å². The molecule has 116 valence electrons. The Balaban J connectivity index is 1.85. The van der Waals surface area contributed by atoms with Crippen LogP contribution in [0.2, 0.25) is 0 Å². The third-order valence-electron chi connectivity index (χ3n) is 4.64. The van der Waals surface area contributed by atoms with Gasteiger partial charge in [0.15, 0.2) is 0 Å². The molecule has 0 bridgehead atoms. The van der Waals surface area contributed by atoms with Crippen molar-refractivity contribution in [3.05, 3.63) is 76.3 Å². The SMILES string of the molecule is O=c1c2c([nH]c3c(-c4ccccn4)cnn13)-c1ccccc1CC2. The van der Waals surface area contributed by atoms with Crippen molar-refractivity contribution in [3.8, 4) is 22.5 Å². The summed E-state index contributed by atoms with van der Waals surface area (Å²) in [5.74, 6) is 0. The maximum Gasteiger partial charge on any atom is 0.278 e. The molecule has 4 aromatic rings. The molecule has 24 heavy (non-hydrogen) atoms. The average molecular weight is 314 g/mol. The monoisotopic (exact) mass is 314 g/mol. The Morgan fingerprint density at radius 3 is 2.75 bits per heavy atom. The molecule has 1 aliphatic rings. The van der Waals surface area contributed by atoms with Gasteiger partial charge in [-0.3, -0.25) is 9.78 Å². The van der Waals surface area contributed by atoms with Gasteiger partial charge in [-0.05, 0) is 30.5 Å². The Labute approximate surface area is 137 Å². The molecule has 0 atom stereocenters. The highest BCUT2D eigenvalue weighted by Crippen LogP contribution is 2.31. The van der Waals surface area contributed by atoms with Crippen LogP contribution >= 0.6 is 0 Å². The zero-order valence-corrected chi connectivity index (χ0v) is 12.9. The van der Waals surface area contributed by atoms with Gasteiger partial charge in [-0.25, -0.2) is 0 Å². The minimum absolute atomic E-state index is 0.0459. The lowest BCUT2D eigenvalue weighted by molar-refractivity contribution is 0.834. The molecule has 5 rings (SSSR count). The third-order valence-corrected chi connectivity index (χ3v) is 4.64. The van der Waals surface area contributed by atoms with E-state index in [0.717, 1.165) is 40.9 Å². The van der Waals surface area contributed by atoms with Gasteiger partial charge in [0, 0.05) is 17.3 Å². The maximum absolute atomic E-state index is 12.9. The Morgan fingerprint density at radius 1 is 1.00 bits per heavy atom. The number of rotatable bonds is 1. The van der Waals surface area contributed by atoms with Gasteiger partial charge in [-0.1, -0.05) is 30.3 Å². The number of aromatic amines is 1. The van der Waals surface area contributed by atoms with E-state index in [2.05, 4.69) is 27.2 Å². The van der Waals surface area contributed by atoms with Crippen LogP contribution in [0.25, 0.3) is 28.2 Å². The molecule has 3 heterocycles. The molecule has 0 amide bonds. The van der Waals surface area contributed by atoms with Crippen molar-refractivity contribution < 1.29 is 0 Å². The standard InChI is InChI=1S/C19H14N4O/c24-19-14-9-8-12-5-1-2-6-13(12)17(14)22-18-15(11-21-23(18)19)16-7-3-4-10-20-16/h1-7,10-11,22H,8-9H2. The first-order valence-electron chi connectivity index (χ1n) is 7.95. The van der Waals surface area contributed by atoms with Crippen LogP contribution in [0.15, 0.2) is 59.7 Å². The van der Waals surface area contributed by atoms with Crippen LogP contribution in [-0.4, -0.2) is 19.6 Å². The van der Waals surface area contributed by atoms with E-state index in [1.165, 1.54) is 10.1 Å². The Kier molecular flexibility index (Phi) is 2.70. The van der Waals surface area contributed by atoms with Crippen molar-refractivity contribution >= 4 is 5.65 Å². The first kappa shape index (κ1) is 13.2. The van der Waals surface area contributed by atoms with Crippen LogP contribution < -0.4 is 5.56 Å². The minimum Gasteiger partial charge on any atom is -0.339 e. The predicted molar refractivity (Wildman–Crippen MR) is 91.9 cm³/mol. The number of H-pyrrole nitrogens is 1. The second-order valence-electron chi connectivity index (χ2n) is 5.97. The number of aromatic nitrogens is 4. The smallest absolute Gasteiger partial charge is 0.278 e. The molecule has 0 spiro atoms. The van der Waals surface area contributed by atoms with Gasteiger partial charge < -0.3 is 4.98 Å². The predicted octanol–water partition coefficient (Wildman–Crippen LogP) is 2.85. The fourth-order valence-corrected chi connectivity index (χ4v) is 3.46. The first-order valence-corrected chi connectivity index (χ1v) is 7.95. The summed E-state index contributed by atoms with van der Waals surface area (Å²) >= 11 is 0. The molecule has 1 aromatic carbocycles. The molecule has 0 radical (unpaired) electrons. The summed E-state index contributed by atoms with van der Waals surface area (Å²) in [5.41, 5.74) is 6.36. The summed E-state index contributed by atoms with van der Waals surface area (Å²) in [5, 5.41) is 4.29. The number of fused-ring (bicyclic) bond motifs is 4. The van der Waals surface area contributed by atoms with Gasteiger partial charge >= 0.3 is 0 Å². The lowest BCUT2D eigenvalue weighted by Crippen LogP contribution is -2.24. The molecular formula is C19H14N4O. The number of aryl methyl sites for hydroxylation is 1. The van der Waals surface area contributed by atoms with Crippen molar-refractivity contribution in [1.29, 1.82) is 0 Å². The fourth-order valence-electron chi connectivity index (χ4n) is 3.46. The first-order chi connectivity index (χ1) is 11.8. The summed E-state index contributed by atoms with van der Waals surface area (Å²) in [6, 6.07) is 14.0. The topological polar surface area (TPSA) is 63.0 Å². The molecule has 0 unspecified atom stereocenters. The summed E-state index contributed by atoms with van der Waals surface area (Å²) in [7, 11) is 0. The number of pyridine rings is 1. The summed E-state index contributed by atoms with van der Waals surface area (Å²) in [6.45, 7) is 0. The summed E-state index contributed by atoms with van der Waals surface area (Å²) in [4.78, 5) is 20.7. The number of benzene rings is 1. The molecule has 0 saturated heterocycles. The molecule has 5 nitrogen and oxygen atoms in total. The molecule has 0 saturated carbocycles. The van der Waals surface area contributed by atoms with Crippen LogP contribution in [-0.2, 0) is 12.8 Å². The van der Waals surface area contributed by atoms with E-state index in [9.17, 15) is 4.79 Å². The zero-order valence-electron chi connectivity index (χ0n) is 12.9. The molecule has 5 heteroatoms. The molecule has 1 N–H and O–H groups in total. The molecular weight excluding hydrogens is 300 g/mol. The van der Waals surface area contributed by atoms with Gasteiger partial charge in [-0.15, -0.1) is 0 Å². The van der Waals surface area contributed by atoms with E-state index in [0.29, 0.717) is 5.65 Å². The van der Waals surface area contributed by atoms with Crippen molar-refractivity contribution in [2.24, 2.45) is 0 Å². The van der Waals surface area contributed by atoms with E-state index in [-0.39, 0.29) is 5.56 Å². The van der Waals surface area contributed by atoms with Crippen LogP contribution in [0.4, 0.5) is 0 Å². The fraction of sp³-hybridized carbons (Fsp3) is 0.105. The summed E-state index contributed by atoms with van der Waals surface area (Å²) < 4.78 is 1.46. The number of nitrogens with one attached hydrogen (secondary N) is 1. The van der Waals surface area contributed by atoms with E-state index in [4.69, 9.17) is 0 Å². The highest BCUT2D eigenvalue weighted by molar-refractivity contribution is 5.78. The Hall–Kier alpha value is -3.21. The average Bonchev–Trinajstić information content (AvgIpc) is 3.07. The minimum atomic E-state index is -0.0459. The summed E-state index contributed by atoms with van der Waals surface area (Å²) in [6.07, 6.45) is 5.06. The third kappa shape index (κ3) is 1.78. The van der Waals surface area contributed by atoms with Gasteiger partial charge in [0.05, 0.1) is 23.1 Å². The second-order valence-corrected chi connectivity index (χ2v) is 5.97. The lowest BCUT2D eigenvalue weighted by Gasteiger charge is -2.19. The van der Waals surface area contributed by atoms with Crippen LogP contribution in [0.1, 0.15) is 11.1 Å². The molecule has 0 aliphatic heterocycles. The highest BCUT2D eigenvalue weighted by atomic mass is 16.1. The van der Waals surface area contributed by atoms with E-state index < -0.39 is 0 Å². The van der Waals surface area contributed by atoms with Crippen LogP contribution in [0, 0.1) is 0 Å². The lowest BCUT2D eigenvalue weighted by atomic mass is 9.90. The van der Waals surface area contributed by atoms with Crippen LogP contribution in [0.5, 0.6) is 0 Å². The van der Waals surface area contributed by atoms with E-state index in [1.54, 1.807) is 12.4 Å². The second kappa shape index (κ2) is 4.89. The number of nitrogens with zero attached hydrogens (tertiary/aromatic N) is 3. The van der Waals surface area contributed by atoms with Crippen molar-refractivity contribution in [1.82, 2.24) is 19.6 Å². The molecule has 0 fully saturated rings. The Morgan fingerprint density at radius 2 is 1.88 bits per heavy atom. The van der Waals surface area contributed by atoms with Crippen LogP contribution in [0.3, 0.4) is 0 Å². The Bertz CT molecular complexity index is 1130. The van der Waals surface area contributed by atoms with E-state index in [1.807, 2.05) is 30.3 Å². The van der Waals surface area contributed by atoms with Crippen molar-refractivity contribution in [2.45, 2.75) is 12.8 Å². The quantitative estimate of drug-likeness (QED) is 0.587. The zero-order chi connectivity index (χ0) is 16.1. The van der Waals surface area contributed by atoms with Crippen molar-refractivity contribution in [3.63, 3.8) is 0 Å². The number of hydrogen-bond acceptors (Lipinski definition) is 3. The maximum atomic E-state index is 12.9. The highest BCUT2D eigenvalue weighted by Gasteiger charge is 2.22. The normalized spacial score (nSPS) is 12.8.